The lowest BCUT2D eigenvalue weighted by molar-refractivity contribution is 0.180. The summed E-state index contributed by atoms with van der Waals surface area (Å²) in [4.78, 5) is 4.40. The highest BCUT2D eigenvalue weighted by Gasteiger charge is 2.32. The lowest BCUT2D eigenvalue weighted by Gasteiger charge is -2.39. The van der Waals surface area contributed by atoms with Crippen molar-refractivity contribution in [2.45, 2.75) is 63.8 Å². The van der Waals surface area contributed by atoms with Crippen molar-refractivity contribution in [1.29, 1.82) is 0 Å². The Morgan fingerprint density at radius 2 is 1.78 bits per heavy atom. The van der Waals surface area contributed by atoms with E-state index < -0.39 is 0 Å². The summed E-state index contributed by atoms with van der Waals surface area (Å²) in [6.07, 6.45) is 14.9. The smallest absolute Gasteiger partial charge is 0.182 e. The van der Waals surface area contributed by atoms with E-state index in [2.05, 4.69) is 15.7 Å². The number of thiazole rings is 1. The lowest BCUT2D eigenvalue weighted by atomic mass is 9.71. The van der Waals surface area contributed by atoms with Crippen LogP contribution in [0.1, 0.15) is 57.8 Å². The monoisotopic (exact) mass is 264 g/mol. The van der Waals surface area contributed by atoms with E-state index >= 15 is 0 Å². The molecule has 1 aromatic heterocycles. The van der Waals surface area contributed by atoms with Crippen molar-refractivity contribution in [1.82, 2.24) is 4.98 Å². The van der Waals surface area contributed by atoms with Gasteiger partial charge in [-0.1, -0.05) is 44.9 Å². The molecule has 2 saturated carbocycles. The zero-order valence-corrected chi connectivity index (χ0v) is 11.9. The third-order valence-electron chi connectivity index (χ3n) is 4.82. The second-order valence-electron chi connectivity index (χ2n) is 5.93. The summed E-state index contributed by atoms with van der Waals surface area (Å²) in [5.74, 6) is 1.89. The Balaban J connectivity index is 1.65. The summed E-state index contributed by atoms with van der Waals surface area (Å²) < 4.78 is 0. The molecule has 3 rings (SSSR count). The first-order valence-corrected chi connectivity index (χ1v) is 8.47. The molecule has 3 heteroatoms. The Labute approximate surface area is 114 Å². The highest BCUT2D eigenvalue weighted by atomic mass is 32.1. The van der Waals surface area contributed by atoms with Gasteiger partial charge in [0, 0.05) is 17.6 Å². The van der Waals surface area contributed by atoms with E-state index in [1.54, 1.807) is 11.3 Å². The van der Waals surface area contributed by atoms with Crippen LogP contribution in [-0.4, -0.2) is 11.0 Å². The quantitative estimate of drug-likeness (QED) is 0.856. The highest BCUT2D eigenvalue weighted by Crippen LogP contribution is 2.39. The van der Waals surface area contributed by atoms with E-state index in [1.807, 2.05) is 6.20 Å². The van der Waals surface area contributed by atoms with Gasteiger partial charge in [-0.3, -0.25) is 0 Å². The molecule has 0 aliphatic heterocycles. The van der Waals surface area contributed by atoms with Gasteiger partial charge in [0.2, 0.25) is 0 Å². The molecule has 18 heavy (non-hydrogen) atoms. The molecule has 0 saturated heterocycles. The number of hydrogen-bond donors (Lipinski definition) is 1. The highest BCUT2D eigenvalue weighted by molar-refractivity contribution is 7.13. The normalized spacial score (nSPS) is 30.2. The zero-order valence-electron chi connectivity index (χ0n) is 11.1. The van der Waals surface area contributed by atoms with Crippen LogP contribution in [0.15, 0.2) is 11.6 Å². The van der Waals surface area contributed by atoms with Crippen molar-refractivity contribution >= 4 is 16.5 Å². The Hall–Kier alpha value is -0.570. The predicted octanol–water partition coefficient (Wildman–Crippen LogP) is 4.69. The summed E-state index contributed by atoms with van der Waals surface area (Å²) in [5, 5.41) is 6.91. The summed E-state index contributed by atoms with van der Waals surface area (Å²) in [7, 11) is 0. The number of hydrogen-bond acceptors (Lipinski definition) is 3. The minimum atomic E-state index is 0.688. The number of rotatable bonds is 3. The topological polar surface area (TPSA) is 24.9 Å². The van der Waals surface area contributed by atoms with Crippen LogP contribution in [0.25, 0.3) is 0 Å². The Morgan fingerprint density at radius 1 is 1.00 bits per heavy atom. The van der Waals surface area contributed by atoms with Gasteiger partial charge in [-0.2, -0.15) is 0 Å². The number of anilines is 1. The van der Waals surface area contributed by atoms with E-state index in [0.717, 1.165) is 17.0 Å². The average molecular weight is 264 g/mol. The molecular formula is C15H24N2S. The first kappa shape index (κ1) is 12.5. The van der Waals surface area contributed by atoms with Crippen molar-refractivity contribution in [3.63, 3.8) is 0 Å². The van der Waals surface area contributed by atoms with Crippen LogP contribution in [0.3, 0.4) is 0 Å². The third-order valence-corrected chi connectivity index (χ3v) is 5.52. The average Bonchev–Trinajstić information content (AvgIpc) is 2.93. The van der Waals surface area contributed by atoms with Gasteiger partial charge in [0.1, 0.15) is 0 Å². The molecule has 1 aromatic rings. The Morgan fingerprint density at radius 3 is 2.56 bits per heavy atom. The minimum absolute atomic E-state index is 0.688. The number of aromatic nitrogens is 1. The van der Waals surface area contributed by atoms with Crippen LogP contribution in [-0.2, 0) is 0 Å². The molecule has 2 nitrogen and oxygen atoms in total. The first-order chi connectivity index (χ1) is 8.93. The standard InChI is InChI=1S/C15H24N2S/c1-2-6-12(7-3-1)13-8-4-5-9-14(13)17-15-16-10-11-18-15/h10-14H,1-9H2,(H,16,17). The van der Waals surface area contributed by atoms with Crippen LogP contribution >= 0.6 is 11.3 Å². The molecule has 0 aromatic carbocycles. The second-order valence-corrected chi connectivity index (χ2v) is 6.83. The molecular weight excluding hydrogens is 240 g/mol. The van der Waals surface area contributed by atoms with E-state index in [0.29, 0.717) is 6.04 Å². The fourth-order valence-corrected chi connectivity index (χ4v) is 4.51. The Bertz CT molecular complexity index is 343. The largest absolute Gasteiger partial charge is 0.359 e. The van der Waals surface area contributed by atoms with Crippen LogP contribution < -0.4 is 5.32 Å². The summed E-state index contributed by atoms with van der Waals surface area (Å²) in [6, 6.07) is 0.688. The van der Waals surface area contributed by atoms with Gasteiger partial charge in [0.15, 0.2) is 5.13 Å². The number of nitrogens with zero attached hydrogens (tertiary/aromatic N) is 1. The van der Waals surface area contributed by atoms with Crippen LogP contribution in [0.4, 0.5) is 5.13 Å². The minimum Gasteiger partial charge on any atom is -0.359 e. The molecule has 100 valence electrons. The van der Waals surface area contributed by atoms with Crippen LogP contribution in [0.2, 0.25) is 0 Å². The molecule has 1 heterocycles. The third kappa shape index (κ3) is 2.87. The predicted molar refractivity (Wildman–Crippen MR) is 78.1 cm³/mol. The molecule has 2 aliphatic rings. The van der Waals surface area contributed by atoms with Gasteiger partial charge in [-0.25, -0.2) is 4.98 Å². The second kappa shape index (κ2) is 6.05. The van der Waals surface area contributed by atoms with Crippen LogP contribution in [0.5, 0.6) is 0 Å². The molecule has 2 unspecified atom stereocenters. The molecule has 1 N–H and O–H groups in total. The molecule has 0 bridgehead atoms. The van der Waals surface area contributed by atoms with Gasteiger partial charge in [-0.15, -0.1) is 11.3 Å². The van der Waals surface area contributed by atoms with Gasteiger partial charge in [0.25, 0.3) is 0 Å². The SMILES string of the molecule is c1csc(NC2CCCCC2C2CCCCC2)n1. The van der Waals surface area contributed by atoms with E-state index in [4.69, 9.17) is 0 Å². The molecule has 2 fully saturated rings. The zero-order chi connectivity index (χ0) is 12.2. The van der Waals surface area contributed by atoms with Gasteiger partial charge in [0.05, 0.1) is 0 Å². The fraction of sp³-hybridized carbons (Fsp3) is 0.800. The molecule has 0 radical (unpaired) electrons. The van der Waals surface area contributed by atoms with Gasteiger partial charge in [-0.05, 0) is 24.7 Å². The maximum Gasteiger partial charge on any atom is 0.182 e. The van der Waals surface area contributed by atoms with Crippen molar-refractivity contribution in [2.24, 2.45) is 11.8 Å². The lowest BCUT2D eigenvalue weighted by Crippen LogP contribution is -2.37. The van der Waals surface area contributed by atoms with Gasteiger partial charge < -0.3 is 5.32 Å². The first-order valence-electron chi connectivity index (χ1n) is 7.59. The summed E-state index contributed by atoms with van der Waals surface area (Å²) in [6.45, 7) is 0. The van der Waals surface area contributed by atoms with Crippen molar-refractivity contribution in [3.8, 4) is 0 Å². The van der Waals surface area contributed by atoms with Crippen LogP contribution in [0, 0.1) is 11.8 Å². The summed E-state index contributed by atoms with van der Waals surface area (Å²) in [5.41, 5.74) is 0. The Kier molecular flexibility index (Phi) is 4.19. The van der Waals surface area contributed by atoms with Crippen molar-refractivity contribution in [2.75, 3.05) is 5.32 Å². The summed E-state index contributed by atoms with van der Waals surface area (Å²) >= 11 is 1.74. The van der Waals surface area contributed by atoms with E-state index in [1.165, 1.54) is 57.8 Å². The van der Waals surface area contributed by atoms with Crippen molar-refractivity contribution in [3.05, 3.63) is 11.6 Å². The van der Waals surface area contributed by atoms with E-state index in [-0.39, 0.29) is 0 Å². The maximum atomic E-state index is 4.40. The van der Waals surface area contributed by atoms with E-state index in [9.17, 15) is 0 Å². The van der Waals surface area contributed by atoms with Crippen molar-refractivity contribution < 1.29 is 0 Å². The molecule has 0 spiro atoms. The fourth-order valence-electron chi connectivity index (χ4n) is 3.92. The van der Waals surface area contributed by atoms with Gasteiger partial charge >= 0.3 is 0 Å². The maximum absolute atomic E-state index is 4.40. The molecule has 2 aliphatic carbocycles. The molecule has 0 amide bonds. The number of nitrogens with one attached hydrogen (secondary N) is 1. The molecule has 2 atom stereocenters.